The van der Waals surface area contributed by atoms with Crippen LogP contribution in [0.15, 0.2) is 0 Å². The summed E-state index contributed by atoms with van der Waals surface area (Å²) in [6.45, 7) is 4.35. The highest BCUT2D eigenvalue weighted by atomic mass is 19.4. The fraction of sp³-hybridized carbons (Fsp3) is 0.917. The first-order valence-corrected chi connectivity index (χ1v) is 6.23. The molecule has 0 amide bonds. The van der Waals surface area contributed by atoms with Gasteiger partial charge in [-0.2, -0.15) is 13.2 Å². The zero-order valence-corrected chi connectivity index (χ0v) is 11.2. The van der Waals surface area contributed by atoms with E-state index in [0.717, 1.165) is 0 Å². The lowest BCUT2D eigenvalue weighted by atomic mass is 9.82. The fourth-order valence-electron chi connectivity index (χ4n) is 2.06. The highest BCUT2D eigenvalue weighted by Crippen LogP contribution is 2.29. The molecule has 0 aromatic carbocycles. The fourth-order valence-corrected chi connectivity index (χ4v) is 2.06. The number of rotatable bonds is 8. The first kappa shape index (κ1) is 17.2. The predicted octanol–water partition coefficient (Wildman–Crippen LogP) is 3.15. The molecular weight excluding hydrogens is 247 g/mol. The van der Waals surface area contributed by atoms with Gasteiger partial charge in [-0.05, 0) is 25.8 Å². The van der Waals surface area contributed by atoms with Gasteiger partial charge in [-0.15, -0.1) is 0 Å². The summed E-state index contributed by atoms with van der Waals surface area (Å²) < 4.78 is 37.3. The molecule has 0 heterocycles. The number of hydrogen-bond acceptors (Lipinski definition) is 2. The van der Waals surface area contributed by atoms with E-state index in [9.17, 15) is 23.1 Å². The van der Waals surface area contributed by atoms with E-state index < -0.39 is 24.1 Å². The summed E-state index contributed by atoms with van der Waals surface area (Å²) in [6, 6.07) is 0. The zero-order valence-electron chi connectivity index (χ0n) is 11.2. The third-order valence-corrected chi connectivity index (χ3v) is 3.28. The van der Waals surface area contributed by atoms with Gasteiger partial charge >= 0.3 is 12.1 Å². The van der Waals surface area contributed by atoms with Crippen LogP contribution in [0.3, 0.4) is 0 Å². The van der Waals surface area contributed by atoms with Crippen molar-refractivity contribution in [2.45, 2.75) is 46.2 Å². The average Bonchev–Trinajstić information content (AvgIpc) is 2.23. The van der Waals surface area contributed by atoms with Crippen molar-refractivity contribution in [1.29, 1.82) is 0 Å². The maximum absolute atomic E-state index is 12.4. The molecule has 0 saturated heterocycles. The largest absolute Gasteiger partial charge is 0.481 e. The summed E-state index contributed by atoms with van der Waals surface area (Å²) in [7, 11) is 0. The predicted molar refractivity (Wildman–Crippen MR) is 63.4 cm³/mol. The van der Waals surface area contributed by atoms with Gasteiger partial charge in [-0.1, -0.05) is 20.8 Å². The number of nitrogens with zero attached hydrogens (tertiary/aromatic N) is 1. The highest BCUT2D eigenvalue weighted by Gasteiger charge is 2.39. The van der Waals surface area contributed by atoms with Crippen LogP contribution < -0.4 is 0 Å². The second-order valence-corrected chi connectivity index (χ2v) is 4.62. The summed E-state index contributed by atoms with van der Waals surface area (Å²) in [5.74, 6) is -1.02. The maximum Gasteiger partial charge on any atom is 0.401 e. The van der Waals surface area contributed by atoms with Crippen molar-refractivity contribution in [3.8, 4) is 0 Å². The molecule has 0 atom stereocenters. The van der Waals surface area contributed by atoms with Crippen LogP contribution in [0.5, 0.6) is 0 Å². The van der Waals surface area contributed by atoms with Gasteiger partial charge in [0, 0.05) is 6.54 Å². The molecule has 18 heavy (non-hydrogen) atoms. The third-order valence-electron chi connectivity index (χ3n) is 3.28. The topological polar surface area (TPSA) is 40.5 Å². The number of hydrogen-bond donors (Lipinski definition) is 1. The van der Waals surface area contributed by atoms with E-state index in [1.54, 1.807) is 20.8 Å². The van der Waals surface area contributed by atoms with E-state index >= 15 is 0 Å². The molecule has 0 spiro atoms. The number of aliphatic carboxylic acids is 1. The van der Waals surface area contributed by atoms with Crippen molar-refractivity contribution in [2.75, 3.05) is 19.6 Å². The molecular formula is C12H22F3NO2. The number of carbonyl (C=O) groups is 1. The molecule has 0 aliphatic carbocycles. The molecule has 108 valence electrons. The molecule has 0 aromatic heterocycles. The summed E-state index contributed by atoms with van der Waals surface area (Å²) in [5, 5.41) is 9.23. The molecule has 0 unspecified atom stereocenters. The van der Waals surface area contributed by atoms with Gasteiger partial charge in [-0.25, -0.2) is 0 Å². The summed E-state index contributed by atoms with van der Waals surface area (Å²) in [5.41, 5.74) is -1.08. The monoisotopic (exact) mass is 269 g/mol. The van der Waals surface area contributed by atoms with Crippen LogP contribution in [0.1, 0.15) is 40.0 Å². The van der Waals surface area contributed by atoms with Gasteiger partial charge in [0.15, 0.2) is 0 Å². The average molecular weight is 269 g/mol. The summed E-state index contributed by atoms with van der Waals surface area (Å²) >= 11 is 0. The molecule has 0 aromatic rings. The van der Waals surface area contributed by atoms with Gasteiger partial charge in [0.05, 0.1) is 12.0 Å². The van der Waals surface area contributed by atoms with Gasteiger partial charge < -0.3 is 5.11 Å². The van der Waals surface area contributed by atoms with Crippen molar-refractivity contribution in [3.63, 3.8) is 0 Å². The molecule has 3 nitrogen and oxygen atoms in total. The molecule has 6 heteroatoms. The molecule has 0 rings (SSSR count). The summed E-state index contributed by atoms with van der Waals surface area (Å²) in [4.78, 5) is 12.5. The molecule has 1 N–H and O–H groups in total. The molecule has 0 bridgehead atoms. The third kappa shape index (κ3) is 5.25. The van der Waals surface area contributed by atoms with Crippen molar-refractivity contribution in [1.82, 2.24) is 4.90 Å². The van der Waals surface area contributed by atoms with Gasteiger partial charge in [-0.3, -0.25) is 9.69 Å². The quantitative estimate of drug-likeness (QED) is 0.736. The van der Waals surface area contributed by atoms with Crippen molar-refractivity contribution >= 4 is 5.97 Å². The second kappa shape index (κ2) is 6.97. The number of alkyl halides is 3. The Labute approximate surface area is 106 Å². The Morgan fingerprint density at radius 3 is 1.89 bits per heavy atom. The van der Waals surface area contributed by atoms with Crippen molar-refractivity contribution < 1.29 is 23.1 Å². The van der Waals surface area contributed by atoms with Gasteiger partial charge in [0.2, 0.25) is 0 Å². The standard InChI is InChI=1S/C12H22F3NO2/c1-4-7-16(9-12(13,14)15)8-11(5-2,6-3)10(17)18/h4-9H2,1-3H3,(H,17,18). The first-order chi connectivity index (χ1) is 8.20. The molecule has 0 aliphatic rings. The molecule has 0 fully saturated rings. The van der Waals surface area contributed by atoms with Gasteiger partial charge in [0.1, 0.15) is 0 Å². The van der Waals surface area contributed by atoms with Crippen LogP contribution in [0, 0.1) is 5.41 Å². The lowest BCUT2D eigenvalue weighted by Gasteiger charge is -2.34. The Morgan fingerprint density at radius 2 is 1.61 bits per heavy atom. The highest BCUT2D eigenvalue weighted by molar-refractivity contribution is 5.74. The Hall–Kier alpha value is -0.780. The van der Waals surface area contributed by atoms with E-state index in [1.807, 2.05) is 0 Å². The van der Waals surface area contributed by atoms with Crippen LogP contribution in [0.25, 0.3) is 0 Å². The minimum absolute atomic E-state index is 0.0529. The molecule has 0 aliphatic heterocycles. The minimum Gasteiger partial charge on any atom is -0.481 e. The Kier molecular flexibility index (Phi) is 6.67. The van der Waals surface area contributed by atoms with E-state index in [-0.39, 0.29) is 13.1 Å². The second-order valence-electron chi connectivity index (χ2n) is 4.62. The van der Waals surface area contributed by atoms with Crippen LogP contribution in [0.2, 0.25) is 0 Å². The lowest BCUT2D eigenvalue weighted by Crippen LogP contribution is -2.46. The minimum atomic E-state index is -4.29. The number of carboxylic acids is 1. The van der Waals surface area contributed by atoms with E-state index in [2.05, 4.69) is 0 Å². The van der Waals surface area contributed by atoms with Crippen LogP contribution in [-0.2, 0) is 4.79 Å². The Morgan fingerprint density at radius 1 is 1.11 bits per heavy atom. The lowest BCUT2D eigenvalue weighted by molar-refractivity contribution is -0.161. The summed E-state index contributed by atoms with van der Waals surface area (Å²) in [6.07, 6.45) is -3.06. The number of halogens is 3. The van der Waals surface area contributed by atoms with Crippen molar-refractivity contribution in [2.24, 2.45) is 5.41 Å². The van der Waals surface area contributed by atoms with Crippen molar-refractivity contribution in [3.05, 3.63) is 0 Å². The maximum atomic E-state index is 12.4. The van der Waals surface area contributed by atoms with Crippen LogP contribution in [-0.4, -0.2) is 41.8 Å². The van der Waals surface area contributed by atoms with Crippen LogP contribution >= 0.6 is 0 Å². The van der Waals surface area contributed by atoms with E-state index in [1.165, 1.54) is 4.90 Å². The van der Waals surface area contributed by atoms with E-state index in [0.29, 0.717) is 19.3 Å². The Balaban J connectivity index is 4.87. The van der Waals surface area contributed by atoms with Crippen LogP contribution in [0.4, 0.5) is 13.2 Å². The zero-order chi connectivity index (χ0) is 14.4. The van der Waals surface area contributed by atoms with E-state index in [4.69, 9.17) is 0 Å². The SMILES string of the molecule is CCCN(CC(F)(F)F)CC(CC)(CC)C(=O)O. The Bertz CT molecular complexity index is 263. The first-order valence-electron chi connectivity index (χ1n) is 6.23. The molecule has 0 saturated carbocycles. The smallest absolute Gasteiger partial charge is 0.401 e. The molecule has 0 radical (unpaired) electrons. The normalized spacial score (nSPS) is 13.1. The number of carboxylic acid groups (broad SMARTS) is 1. The van der Waals surface area contributed by atoms with Gasteiger partial charge in [0.25, 0.3) is 0 Å².